The summed E-state index contributed by atoms with van der Waals surface area (Å²) in [5, 5.41) is 12.0. The van der Waals surface area contributed by atoms with Gasteiger partial charge in [-0.15, -0.1) is 5.10 Å². The highest BCUT2D eigenvalue weighted by Gasteiger charge is 2.34. The molecule has 0 spiro atoms. The first-order valence-electron chi connectivity index (χ1n) is 12.6. The molecule has 1 atom stereocenters. The van der Waals surface area contributed by atoms with E-state index in [-0.39, 0.29) is 5.91 Å². The first-order chi connectivity index (χ1) is 17.4. The fourth-order valence-corrected chi connectivity index (χ4v) is 4.92. The number of benzene rings is 2. The van der Waals surface area contributed by atoms with Crippen molar-refractivity contribution in [1.82, 2.24) is 14.8 Å². The number of aryl methyl sites for hydroxylation is 2. The third-order valence-electron chi connectivity index (χ3n) is 6.08. The quantitative estimate of drug-likeness (QED) is 0.242. The van der Waals surface area contributed by atoms with Crippen molar-refractivity contribution < 1.29 is 9.53 Å². The average Bonchev–Trinajstić information content (AvgIpc) is 3.26. The van der Waals surface area contributed by atoms with E-state index >= 15 is 0 Å². The lowest BCUT2D eigenvalue weighted by Crippen LogP contribution is -2.31. The molecular formula is C28H35N5O2S. The molecule has 7 nitrogen and oxygen atoms in total. The van der Waals surface area contributed by atoms with E-state index in [0.717, 1.165) is 58.8 Å². The molecule has 0 aliphatic carbocycles. The van der Waals surface area contributed by atoms with Crippen molar-refractivity contribution in [2.75, 3.05) is 23.0 Å². The van der Waals surface area contributed by atoms with E-state index in [1.807, 2.05) is 61.9 Å². The number of nitrogens with one attached hydrogen (secondary N) is 2. The summed E-state index contributed by atoms with van der Waals surface area (Å²) in [6.45, 7) is 10.9. The number of carbonyl (C=O) groups is 1. The number of fused-ring (bicyclic) bond motifs is 1. The van der Waals surface area contributed by atoms with Crippen molar-refractivity contribution in [1.29, 1.82) is 0 Å². The fourth-order valence-electron chi connectivity index (χ4n) is 4.24. The number of rotatable bonds is 10. The van der Waals surface area contributed by atoms with Crippen LogP contribution in [0.3, 0.4) is 0 Å². The molecule has 4 rings (SSSR count). The highest BCUT2D eigenvalue weighted by molar-refractivity contribution is 7.99. The van der Waals surface area contributed by atoms with Crippen LogP contribution >= 0.6 is 11.8 Å². The molecule has 0 saturated carbocycles. The van der Waals surface area contributed by atoms with Crippen LogP contribution in [0, 0.1) is 13.8 Å². The number of thioether (sulfide) groups is 1. The summed E-state index contributed by atoms with van der Waals surface area (Å²) in [5.74, 6) is 2.18. The van der Waals surface area contributed by atoms with Crippen molar-refractivity contribution in [2.45, 2.75) is 65.1 Å². The largest absolute Gasteiger partial charge is 0.494 e. The van der Waals surface area contributed by atoms with Gasteiger partial charge in [0.05, 0.1) is 12.2 Å². The molecule has 2 N–H and O–H groups in total. The van der Waals surface area contributed by atoms with E-state index in [0.29, 0.717) is 23.3 Å². The Morgan fingerprint density at radius 2 is 1.97 bits per heavy atom. The highest BCUT2D eigenvalue weighted by atomic mass is 32.2. The molecule has 190 valence electrons. The van der Waals surface area contributed by atoms with E-state index in [4.69, 9.17) is 14.8 Å². The van der Waals surface area contributed by atoms with E-state index in [9.17, 15) is 4.79 Å². The van der Waals surface area contributed by atoms with Gasteiger partial charge < -0.3 is 15.4 Å². The molecule has 0 saturated heterocycles. The number of anilines is 2. The van der Waals surface area contributed by atoms with Crippen LogP contribution < -0.4 is 15.4 Å². The molecule has 1 aliphatic heterocycles. The molecule has 3 aromatic rings. The maximum Gasteiger partial charge on any atom is 0.255 e. The van der Waals surface area contributed by atoms with Gasteiger partial charge in [0.1, 0.15) is 11.8 Å². The number of carbonyl (C=O) groups excluding carboxylic acids is 1. The van der Waals surface area contributed by atoms with Crippen molar-refractivity contribution in [3.05, 3.63) is 70.4 Å². The van der Waals surface area contributed by atoms with Crippen LogP contribution in [0.25, 0.3) is 0 Å². The van der Waals surface area contributed by atoms with Gasteiger partial charge in [-0.2, -0.15) is 4.98 Å². The molecule has 1 amide bonds. The van der Waals surface area contributed by atoms with Gasteiger partial charge in [0, 0.05) is 17.1 Å². The molecule has 8 heteroatoms. The van der Waals surface area contributed by atoms with E-state index in [1.54, 1.807) is 11.8 Å². The second-order valence-electron chi connectivity index (χ2n) is 9.12. The maximum absolute atomic E-state index is 13.8. The Balaban J connectivity index is 1.73. The molecule has 2 aromatic carbocycles. The number of hydrogen-bond donors (Lipinski definition) is 2. The van der Waals surface area contributed by atoms with Crippen LogP contribution in [0.2, 0.25) is 0 Å². The Bertz CT molecular complexity index is 1270. The van der Waals surface area contributed by atoms with Crippen LogP contribution in [0.1, 0.15) is 62.8 Å². The minimum atomic E-state index is -0.440. The van der Waals surface area contributed by atoms with Gasteiger partial charge in [0.25, 0.3) is 5.91 Å². The molecular weight excluding hydrogens is 470 g/mol. The first kappa shape index (κ1) is 25.8. The Morgan fingerprint density at radius 1 is 1.14 bits per heavy atom. The smallest absolute Gasteiger partial charge is 0.255 e. The molecule has 1 aromatic heterocycles. The van der Waals surface area contributed by atoms with E-state index in [1.165, 1.54) is 0 Å². The third kappa shape index (κ3) is 5.75. The van der Waals surface area contributed by atoms with Crippen LogP contribution in [-0.4, -0.2) is 33.0 Å². The predicted octanol–water partition coefficient (Wildman–Crippen LogP) is 6.50. The Labute approximate surface area is 217 Å². The number of ether oxygens (including phenoxy) is 1. The van der Waals surface area contributed by atoms with Crippen molar-refractivity contribution >= 4 is 29.3 Å². The number of nitrogens with zero attached hydrogens (tertiary/aromatic N) is 3. The third-order valence-corrected chi connectivity index (χ3v) is 7.13. The monoisotopic (exact) mass is 505 g/mol. The Hall–Kier alpha value is -3.26. The topological polar surface area (TPSA) is 81.1 Å². The number of unbranched alkanes of at least 4 members (excludes halogenated alkanes) is 1. The summed E-state index contributed by atoms with van der Waals surface area (Å²) in [5.41, 5.74) is 5.26. The van der Waals surface area contributed by atoms with Crippen LogP contribution in [0.4, 0.5) is 11.6 Å². The SMILES string of the molecule is CCCCOc1cccc(C2C(C(=O)Nc3ccc(C)cc3C)=C(C)Nc3nc(SCCC)nn32)c1. The minimum Gasteiger partial charge on any atom is -0.494 e. The highest BCUT2D eigenvalue weighted by Crippen LogP contribution is 2.38. The van der Waals surface area contributed by atoms with Crippen molar-refractivity contribution in [3.8, 4) is 5.75 Å². The maximum atomic E-state index is 13.8. The summed E-state index contributed by atoms with van der Waals surface area (Å²) in [6.07, 6.45) is 3.09. The summed E-state index contributed by atoms with van der Waals surface area (Å²) in [7, 11) is 0. The van der Waals surface area contributed by atoms with Gasteiger partial charge in [-0.1, -0.05) is 61.9 Å². The van der Waals surface area contributed by atoms with Crippen molar-refractivity contribution in [3.63, 3.8) is 0 Å². The zero-order valence-corrected chi connectivity index (χ0v) is 22.5. The Kier molecular flexibility index (Phi) is 8.36. The molecule has 36 heavy (non-hydrogen) atoms. The summed E-state index contributed by atoms with van der Waals surface area (Å²) >= 11 is 1.62. The second kappa shape index (κ2) is 11.6. The summed E-state index contributed by atoms with van der Waals surface area (Å²) in [4.78, 5) is 18.5. The number of amides is 1. The number of hydrogen-bond acceptors (Lipinski definition) is 6. The molecule has 2 heterocycles. The number of aromatic nitrogens is 3. The fraction of sp³-hybridized carbons (Fsp3) is 0.393. The standard InChI is InChI=1S/C28H35N5O2S/c1-6-8-14-35-22-11-9-10-21(17-22)25-24(26(34)30-23-13-12-18(3)16-19(23)4)20(5)29-27-31-28(32-33(25)27)36-15-7-2/h9-13,16-17,25H,6-8,14-15H2,1-5H3,(H,30,34)(H,29,31,32). The van der Waals surface area contributed by atoms with Gasteiger partial charge in [-0.25, -0.2) is 4.68 Å². The molecule has 1 unspecified atom stereocenters. The van der Waals surface area contributed by atoms with Gasteiger partial charge in [-0.05, 0) is 62.9 Å². The molecule has 1 aliphatic rings. The minimum absolute atomic E-state index is 0.168. The van der Waals surface area contributed by atoms with Crippen LogP contribution in [0.5, 0.6) is 5.75 Å². The lowest BCUT2D eigenvalue weighted by Gasteiger charge is -2.29. The molecule has 0 radical (unpaired) electrons. The summed E-state index contributed by atoms with van der Waals surface area (Å²) in [6, 6.07) is 13.5. The van der Waals surface area contributed by atoms with Gasteiger partial charge in [0.15, 0.2) is 0 Å². The molecule has 0 fully saturated rings. The zero-order valence-electron chi connectivity index (χ0n) is 21.7. The zero-order chi connectivity index (χ0) is 25.7. The lowest BCUT2D eigenvalue weighted by molar-refractivity contribution is -0.113. The van der Waals surface area contributed by atoms with Gasteiger partial charge >= 0.3 is 0 Å². The molecule has 0 bridgehead atoms. The van der Waals surface area contributed by atoms with Gasteiger partial charge in [0.2, 0.25) is 11.1 Å². The van der Waals surface area contributed by atoms with E-state index < -0.39 is 6.04 Å². The van der Waals surface area contributed by atoms with Crippen molar-refractivity contribution in [2.24, 2.45) is 0 Å². The normalized spacial score (nSPS) is 14.9. The predicted molar refractivity (Wildman–Crippen MR) is 147 cm³/mol. The Morgan fingerprint density at radius 3 is 2.72 bits per heavy atom. The second-order valence-corrected chi connectivity index (χ2v) is 10.2. The summed E-state index contributed by atoms with van der Waals surface area (Å²) < 4.78 is 7.81. The lowest BCUT2D eigenvalue weighted by atomic mass is 9.94. The first-order valence-corrected chi connectivity index (χ1v) is 13.6. The average molecular weight is 506 g/mol. The van der Waals surface area contributed by atoms with E-state index in [2.05, 4.69) is 30.5 Å². The van der Waals surface area contributed by atoms with Gasteiger partial charge in [-0.3, -0.25) is 4.79 Å². The number of allylic oxidation sites excluding steroid dienone is 1. The van der Waals surface area contributed by atoms with Crippen LogP contribution in [-0.2, 0) is 4.79 Å². The van der Waals surface area contributed by atoms with Crippen LogP contribution in [0.15, 0.2) is 58.9 Å².